The number of carbonyl (C=O) groups excluding carboxylic acids is 5. The quantitative estimate of drug-likeness (QED) is 0.464. The van der Waals surface area contributed by atoms with Gasteiger partial charge < -0.3 is 15.1 Å². The van der Waals surface area contributed by atoms with Crippen molar-refractivity contribution in [1.29, 1.82) is 0 Å². The fraction of sp³-hybridized carbons (Fsp3) is 0.400. The number of hydrogen-bond donors (Lipinski definition) is 1. The van der Waals surface area contributed by atoms with Crippen molar-refractivity contribution < 1.29 is 28.8 Å². The number of nitrogens with one attached hydrogen (secondary N) is 1. The number of benzene rings is 1. The maximum Gasteiger partial charge on any atom is 0.333 e. The first-order chi connectivity index (χ1) is 16.3. The Kier molecular flexibility index (Phi) is 6.90. The molecule has 9 heteroatoms. The van der Waals surface area contributed by atoms with Gasteiger partial charge in [-0.2, -0.15) is 0 Å². The minimum atomic E-state index is -0.594. The molecule has 2 heterocycles. The van der Waals surface area contributed by atoms with E-state index in [4.69, 9.17) is 4.84 Å². The number of carbonyl (C=O) groups is 5. The van der Waals surface area contributed by atoms with Gasteiger partial charge >= 0.3 is 5.97 Å². The van der Waals surface area contributed by atoms with Crippen LogP contribution in [0.1, 0.15) is 55.8 Å². The lowest BCUT2D eigenvalue weighted by Crippen LogP contribution is -2.47. The molecule has 34 heavy (non-hydrogen) atoms. The van der Waals surface area contributed by atoms with Crippen molar-refractivity contribution in [2.75, 3.05) is 16.8 Å². The van der Waals surface area contributed by atoms with E-state index in [1.807, 2.05) is 30.4 Å². The Morgan fingerprint density at radius 2 is 1.76 bits per heavy atom. The first-order valence-electron chi connectivity index (χ1n) is 11.5. The molecule has 4 rings (SSSR count). The number of Topliss-reactive ketones (excluding diaryl/α,β-unsaturated/α-hetero) is 1. The van der Waals surface area contributed by atoms with Crippen molar-refractivity contribution in [3.05, 3.63) is 48.1 Å². The highest BCUT2D eigenvalue weighted by atomic mass is 16.7. The Bertz CT molecular complexity index is 1080. The van der Waals surface area contributed by atoms with Crippen molar-refractivity contribution in [3.8, 4) is 0 Å². The summed E-state index contributed by atoms with van der Waals surface area (Å²) in [6, 6.07) is 5.29. The Morgan fingerprint density at radius 3 is 2.50 bits per heavy atom. The second-order valence-corrected chi connectivity index (χ2v) is 8.61. The maximum absolute atomic E-state index is 13.1. The molecule has 1 N–H and O–H groups in total. The molecule has 1 aliphatic carbocycles. The van der Waals surface area contributed by atoms with E-state index in [0.717, 1.165) is 18.5 Å². The Hall–Kier alpha value is -3.75. The molecule has 0 radical (unpaired) electrons. The average molecular weight is 466 g/mol. The second kappa shape index (κ2) is 10.0. The first kappa shape index (κ1) is 23.4. The van der Waals surface area contributed by atoms with E-state index in [-0.39, 0.29) is 42.9 Å². The summed E-state index contributed by atoms with van der Waals surface area (Å²) in [7, 11) is 0. The van der Waals surface area contributed by atoms with Gasteiger partial charge in [-0.1, -0.05) is 30.7 Å². The zero-order valence-electron chi connectivity index (χ0n) is 19.0. The number of hydroxylamine groups is 2. The number of ketones is 1. The molecule has 1 fully saturated rings. The lowest BCUT2D eigenvalue weighted by molar-refractivity contribution is -0.197. The first-order valence-corrected chi connectivity index (χ1v) is 11.5. The van der Waals surface area contributed by atoms with E-state index >= 15 is 0 Å². The van der Waals surface area contributed by atoms with Gasteiger partial charge in [-0.05, 0) is 31.0 Å². The summed E-state index contributed by atoms with van der Waals surface area (Å²) < 4.78 is 0. The molecule has 0 spiro atoms. The largest absolute Gasteiger partial charge is 0.363 e. The number of unbranched alkanes of at least 4 members (excludes halogenated alkanes) is 2. The number of nitrogens with zero attached hydrogens (tertiary/aromatic N) is 2. The Labute approximate surface area is 197 Å². The lowest BCUT2D eigenvalue weighted by Gasteiger charge is -2.41. The van der Waals surface area contributed by atoms with Crippen LogP contribution in [0.25, 0.3) is 0 Å². The van der Waals surface area contributed by atoms with Gasteiger partial charge in [-0.25, -0.2) is 4.79 Å². The van der Waals surface area contributed by atoms with Gasteiger partial charge in [0.05, 0.1) is 12.0 Å². The minimum absolute atomic E-state index is 0.0257. The highest BCUT2D eigenvalue weighted by Gasteiger charge is 2.38. The molecule has 178 valence electrons. The summed E-state index contributed by atoms with van der Waals surface area (Å²) >= 11 is 0. The molecular formula is C25H27N3O6. The minimum Gasteiger partial charge on any atom is -0.363 e. The van der Waals surface area contributed by atoms with Crippen molar-refractivity contribution >= 4 is 40.8 Å². The molecule has 2 unspecified atom stereocenters. The molecule has 1 aromatic carbocycles. The van der Waals surface area contributed by atoms with Crippen LogP contribution in [0.5, 0.6) is 0 Å². The van der Waals surface area contributed by atoms with E-state index in [1.54, 1.807) is 12.1 Å². The smallest absolute Gasteiger partial charge is 0.333 e. The van der Waals surface area contributed by atoms with Crippen LogP contribution in [0.15, 0.2) is 42.5 Å². The van der Waals surface area contributed by atoms with Gasteiger partial charge in [-0.3, -0.25) is 19.2 Å². The Morgan fingerprint density at radius 1 is 1.03 bits per heavy atom. The normalized spacial score (nSPS) is 20.9. The summed E-state index contributed by atoms with van der Waals surface area (Å²) in [5.41, 5.74) is 1.99. The fourth-order valence-electron chi connectivity index (χ4n) is 4.54. The van der Waals surface area contributed by atoms with Crippen LogP contribution in [0.4, 0.5) is 11.4 Å². The Balaban J connectivity index is 1.36. The standard InChI is InChI=1S/C25H27N3O6/c1-16(29)26-17-10-11-21-19(15-17)25(33)18-7-4-5-8-20(18)27(21)14-6-2-3-9-24(32)34-28-22(30)12-13-23(28)31/h4-5,7-8,10-11,15,18,20H,2-3,6,9,12-14H2,1H3,(H,26,29). The number of hydrogen-bond acceptors (Lipinski definition) is 7. The SMILES string of the molecule is CC(=O)Nc1ccc2c(c1)C(=O)C1C=CC=CC1N2CCCCCC(=O)ON1C(=O)CCC1=O. The topological polar surface area (TPSA) is 113 Å². The van der Waals surface area contributed by atoms with Gasteiger partial charge in [0.15, 0.2) is 5.78 Å². The molecule has 3 amide bonds. The zero-order valence-corrected chi connectivity index (χ0v) is 19.0. The third kappa shape index (κ3) is 4.93. The van der Waals surface area contributed by atoms with E-state index in [1.165, 1.54) is 6.92 Å². The number of fused-ring (bicyclic) bond motifs is 2. The number of rotatable bonds is 8. The third-order valence-corrected chi connectivity index (χ3v) is 6.14. The highest BCUT2D eigenvalue weighted by Crippen LogP contribution is 2.38. The monoisotopic (exact) mass is 465 g/mol. The molecule has 1 aromatic rings. The zero-order chi connectivity index (χ0) is 24.2. The van der Waals surface area contributed by atoms with Gasteiger partial charge in [0.2, 0.25) is 5.91 Å². The molecule has 1 saturated heterocycles. The molecular weight excluding hydrogens is 438 g/mol. The molecule has 0 aromatic heterocycles. The molecule has 9 nitrogen and oxygen atoms in total. The van der Waals surface area contributed by atoms with Gasteiger partial charge in [0.1, 0.15) is 0 Å². The second-order valence-electron chi connectivity index (χ2n) is 8.61. The highest BCUT2D eigenvalue weighted by molar-refractivity contribution is 6.08. The summed E-state index contributed by atoms with van der Waals surface area (Å²) in [6.07, 6.45) is 10.1. The number of anilines is 2. The lowest BCUT2D eigenvalue weighted by atomic mass is 9.81. The van der Waals surface area contributed by atoms with E-state index in [9.17, 15) is 24.0 Å². The average Bonchev–Trinajstić information content (AvgIpc) is 3.12. The van der Waals surface area contributed by atoms with E-state index in [0.29, 0.717) is 29.3 Å². The third-order valence-electron chi connectivity index (χ3n) is 6.14. The van der Waals surface area contributed by atoms with Crippen molar-refractivity contribution in [2.24, 2.45) is 5.92 Å². The number of imide groups is 1. The predicted octanol–water partition coefficient (Wildman–Crippen LogP) is 2.93. The van der Waals surface area contributed by atoms with Crippen LogP contribution in [-0.4, -0.2) is 47.1 Å². The van der Waals surface area contributed by atoms with Crippen molar-refractivity contribution in [3.63, 3.8) is 0 Å². The molecule has 3 aliphatic rings. The van der Waals surface area contributed by atoms with Crippen LogP contribution in [0.2, 0.25) is 0 Å². The van der Waals surface area contributed by atoms with Crippen LogP contribution in [0, 0.1) is 5.92 Å². The predicted molar refractivity (Wildman–Crippen MR) is 124 cm³/mol. The summed E-state index contributed by atoms with van der Waals surface area (Å²) in [5, 5.41) is 3.30. The number of amides is 3. The van der Waals surface area contributed by atoms with Crippen molar-refractivity contribution in [2.45, 2.75) is 51.5 Å². The summed E-state index contributed by atoms with van der Waals surface area (Å²) in [5.74, 6) is -2.03. The van der Waals surface area contributed by atoms with Crippen LogP contribution < -0.4 is 10.2 Å². The molecule has 2 atom stereocenters. The fourth-order valence-corrected chi connectivity index (χ4v) is 4.54. The summed E-state index contributed by atoms with van der Waals surface area (Å²) in [6.45, 7) is 2.10. The van der Waals surface area contributed by atoms with Crippen LogP contribution in [-0.2, 0) is 24.0 Å². The van der Waals surface area contributed by atoms with Crippen LogP contribution in [0.3, 0.4) is 0 Å². The maximum atomic E-state index is 13.1. The van der Waals surface area contributed by atoms with Crippen molar-refractivity contribution in [1.82, 2.24) is 5.06 Å². The number of allylic oxidation sites excluding steroid dienone is 2. The van der Waals surface area contributed by atoms with Gasteiger partial charge in [0.25, 0.3) is 11.8 Å². The molecule has 0 bridgehead atoms. The summed E-state index contributed by atoms with van der Waals surface area (Å²) in [4.78, 5) is 66.8. The van der Waals surface area contributed by atoms with Gasteiger partial charge in [0, 0.05) is 49.7 Å². The molecule has 0 saturated carbocycles. The van der Waals surface area contributed by atoms with Gasteiger partial charge in [-0.15, -0.1) is 5.06 Å². The van der Waals surface area contributed by atoms with E-state index in [2.05, 4.69) is 10.2 Å². The molecule has 2 aliphatic heterocycles. The van der Waals surface area contributed by atoms with Crippen LogP contribution >= 0.6 is 0 Å². The van der Waals surface area contributed by atoms with E-state index < -0.39 is 17.8 Å².